The van der Waals surface area contributed by atoms with Crippen molar-refractivity contribution in [2.24, 2.45) is 23.7 Å². The van der Waals surface area contributed by atoms with Gasteiger partial charge in [-0.2, -0.15) is 0 Å². The van der Waals surface area contributed by atoms with Crippen LogP contribution in [-0.4, -0.2) is 155 Å². The van der Waals surface area contributed by atoms with E-state index in [0.717, 1.165) is 97.7 Å². The number of hydrogen-bond donors (Lipinski definition) is 4. The summed E-state index contributed by atoms with van der Waals surface area (Å²) in [5.74, 6) is -6.66. The molecule has 118 heavy (non-hydrogen) atoms. The van der Waals surface area contributed by atoms with Crippen LogP contribution in [-0.2, 0) is 83.5 Å². The van der Waals surface area contributed by atoms with E-state index in [4.69, 9.17) is 9.47 Å². The Morgan fingerprint density at radius 3 is 0.898 bits per heavy atom. The molecule has 5 aliphatic rings. The first-order valence-corrected chi connectivity index (χ1v) is 42.1. The first-order chi connectivity index (χ1) is 57.3. The van der Waals surface area contributed by atoms with Gasteiger partial charge in [0.05, 0.1) is 0 Å². The fourth-order valence-electron chi connectivity index (χ4n) is 20.3. The zero-order valence-electron chi connectivity index (χ0n) is 67.2. The Morgan fingerprint density at radius 1 is 0.305 bits per heavy atom. The quantitative estimate of drug-likeness (QED) is 0.0451. The molecule has 20 heteroatoms. The van der Waals surface area contributed by atoms with Gasteiger partial charge in [-0.1, -0.05) is 194 Å². The van der Waals surface area contributed by atoms with Crippen LogP contribution in [0.3, 0.4) is 0 Å². The predicted octanol–water partition coefficient (Wildman–Crippen LogP) is 14.1. The molecule has 4 aliphatic carbocycles. The zero-order valence-corrected chi connectivity index (χ0v) is 67.2. The lowest BCUT2D eigenvalue weighted by Gasteiger charge is -2.31. The van der Waals surface area contributed by atoms with Gasteiger partial charge in [0.2, 0.25) is 47.3 Å². The molecule has 0 aromatic heterocycles. The van der Waals surface area contributed by atoms with Crippen molar-refractivity contribution in [2.45, 2.75) is 177 Å². The number of hydrogen-bond acceptors (Lipinski definition) is 12. The van der Waals surface area contributed by atoms with Gasteiger partial charge < -0.3 is 50.3 Å². The maximum Gasteiger partial charge on any atom is 0.306 e. The standard InChI is InChI=1S/C98H100N8O12/c1-103-67-39-35-63(53-67)93(111)101-83(49-57-17-7-5-8-18-57)97(115)106(4)70-42-34-62(52-70)92(110)100-82(46-48-86(108)118-56-66-38-44-80-76-30-14-24-60-22-12-28-74(88(60)76)78-32-16-26-72(66)90(78)80)96(114)104(2)68-40-36-64(54-68)94(112)102-84(50-58-19-9-6-10-20-58)98(116)105(3)69-41-33-61(51-69)91(109)99-81(95(103)113)45-47-85(107)117-55-65-37-43-79-75-29-13-23-59-21-11-27-73(87(59)75)77-31-15-25-71(65)89(77)79/h5-32,37-38,43-44,61-64,67-70,81-84H,33-36,39-42,45-56H2,1-4H3,(H,99,109)(H,100,110)(H,101,111)(H,102,112)/t61-,62+,63-,64+,67-,68-,69-,70-,81+,82+,83-,84+/m0/s1. The van der Waals surface area contributed by atoms with Crippen LogP contribution >= 0.6 is 0 Å². The van der Waals surface area contributed by atoms with Gasteiger partial charge >= 0.3 is 11.9 Å². The number of benzene rings is 12. The molecule has 1 heterocycles. The first kappa shape index (κ1) is 78.5. The molecule has 4 N–H and O–H groups in total. The molecule has 0 radical (unpaired) electrons. The van der Waals surface area contributed by atoms with Gasteiger partial charge in [-0.25, -0.2) is 0 Å². The monoisotopic (exact) mass is 1580 g/mol. The topological polar surface area (TPSA) is 250 Å². The number of rotatable bonds is 14. The van der Waals surface area contributed by atoms with E-state index in [0.29, 0.717) is 51.4 Å². The van der Waals surface area contributed by atoms with Gasteiger partial charge in [0, 0.05) is 102 Å². The van der Waals surface area contributed by atoms with E-state index in [1.165, 1.54) is 10.8 Å². The maximum absolute atomic E-state index is 15.2. The van der Waals surface area contributed by atoms with E-state index in [2.05, 4.69) is 118 Å². The lowest BCUT2D eigenvalue weighted by molar-refractivity contribution is -0.147. The van der Waals surface area contributed by atoms with Crippen LogP contribution in [0.25, 0.3) is 86.2 Å². The second-order valence-corrected chi connectivity index (χ2v) is 33.9. The van der Waals surface area contributed by atoms with Crippen molar-refractivity contribution < 1.29 is 57.4 Å². The third-order valence-electron chi connectivity index (χ3n) is 27.0. The van der Waals surface area contributed by atoms with Crippen LogP contribution in [0, 0.1) is 23.7 Å². The van der Waals surface area contributed by atoms with Crippen molar-refractivity contribution in [3.05, 3.63) is 216 Å². The SMILES string of the molecule is CN1C(=O)[C@H](Cc2ccccc2)NC(=O)[C@H]2CC[C@@H](C2)N(C)C(=O)[C@@H](CCC(=O)OCc2ccc3c4cccc5cccc(c6cccc2c63)c54)NC(=O)[C@H]2CC[C@@H](C2)N(C)C(=O)[C@@H](Cc2ccccc2)NC(=O)[C@@H]2CC[C@@H](C2)N(C)C(=O)[C@@H](CCC(=O)OCc2ccc3c4cccc5cccc(c6cccc2c63)c54)NC(=O)[C@@H]2CC[C@H]1C2. The molecule has 604 valence electrons. The van der Waals surface area contributed by atoms with E-state index < -0.39 is 108 Å². The fraction of sp³-hybridized carbons (Fsp3) is 0.367. The molecule has 0 spiro atoms. The number of amides is 8. The Kier molecular flexibility index (Phi) is 22.3. The Balaban J connectivity index is 0.615. The molecule has 12 aromatic rings. The van der Waals surface area contributed by atoms with Gasteiger partial charge in [0.15, 0.2) is 0 Å². The minimum Gasteiger partial charge on any atom is -0.461 e. The molecule has 12 aromatic carbocycles. The highest BCUT2D eigenvalue weighted by atomic mass is 16.5. The average molecular weight is 1580 g/mol. The summed E-state index contributed by atoms with van der Waals surface area (Å²) in [6, 6.07) is 58.6. The molecule has 0 unspecified atom stereocenters. The lowest BCUT2D eigenvalue weighted by Crippen LogP contribution is -2.53. The van der Waals surface area contributed by atoms with Gasteiger partial charge in [-0.15, -0.1) is 0 Å². The summed E-state index contributed by atoms with van der Waals surface area (Å²) in [5, 5.41) is 30.1. The lowest BCUT2D eigenvalue weighted by atomic mass is 9.88. The minimum absolute atomic E-state index is 0.0302. The minimum atomic E-state index is -1.18. The van der Waals surface area contributed by atoms with Gasteiger partial charge in [0.25, 0.3) is 0 Å². The number of likely N-dealkylation sites (N-methyl/N-ethyl adjacent to an activating group) is 4. The Bertz CT molecular complexity index is 5440. The smallest absolute Gasteiger partial charge is 0.306 e. The van der Waals surface area contributed by atoms with Crippen LogP contribution in [0.15, 0.2) is 194 Å². The summed E-state index contributed by atoms with van der Waals surface area (Å²) in [5.41, 5.74) is 3.28. The largest absolute Gasteiger partial charge is 0.461 e. The number of ether oxygens (including phenoxy) is 2. The highest BCUT2D eigenvalue weighted by molar-refractivity contribution is 6.34. The van der Waals surface area contributed by atoms with Gasteiger partial charge in [-0.05, 0) is 198 Å². The molecule has 20 nitrogen and oxygen atoms in total. The number of esters is 2. The second-order valence-electron chi connectivity index (χ2n) is 33.9. The van der Waals surface area contributed by atoms with Crippen LogP contribution < -0.4 is 21.3 Å². The van der Waals surface area contributed by atoms with Gasteiger partial charge in [-0.3, -0.25) is 47.9 Å². The number of nitrogens with zero attached hydrogens (tertiary/aromatic N) is 4. The normalized spacial score (nSPS) is 24.4. The summed E-state index contributed by atoms with van der Waals surface area (Å²) in [6.45, 7) is -0.0605. The molecule has 8 bridgehead atoms. The van der Waals surface area contributed by atoms with Crippen LogP contribution in [0.2, 0.25) is 0 Å². The maximum atomic E-state index is 15.2. The first-order valence-electron chi connectivity index (χ1n) is 42.1. The molecular formula is C98H100N8O12. The van der Waals surface area contributed by atoms with E-state index in [-0.39, 0.29) is 101 Å². The van der Waals surface area contributed by atoms with Crippen molar-refractivity contribution in [1.82, 2.24) is 40.9 Å². The van der Waals surface area contributed by atoms with Crippen LogP contribution in [0.5, 0.6) is 0 Å². The predicted molar refractivity (Wildman–Crippen MR) is 457 cm³/mol. The Labute approximate surface area is 685 Å². The number of carbonyl (C=O) groups excluding carboxylic acids is 10. The summed E-state index contributed by atoms with van der Waals surface area (Å²) < 4.78 is 12.1. The van der Waals surface area contributed by atoms with Crippen molar-refractivity contribution in [1.29, 1.82) is 0 Å². The molecule has 8 amide bonds. The highest BCUT2D eigenvalue weighted by Crippen LogP contribution is 2.44. The number of nitrogens with one attached hydrogen (secondary N) is 4. The van der Waals surface area contributed by atoms with Gasteiger partial charge in [0.1, 0.15) is 37.4 Å². The summed E-state index contributed by atoms with van der Waals surface area (Å²) in [4.78, 5) is 155. The third-order valence-corrected chi connectivity index (χ3v) is 27.0. The van der Waals surface area contributed by atoms with E-state index in [1.54, 1.807) is 47.8 Å². The Morgan fingerprint density at radius 2 is 0.576 bits per heavy atom. The number of carbonyl (C=O) groups is 10. The molecule has 1 saturated heterocycles. The average Bonchev–Trinajstić information content (AvgIpc) is 1.03. The third kappa shape index (κ3) is 15.6. The van der Waals surface area contributed by atoms with Crippen LogP contribution in [0.1, 0.15) is 125 Å². The van der Waals surface area contributed by atoms with E-state index in [9.17, 15) is 28.8 Å². The summed E-state index contributed by atoms with van der Waals surface area (Å²) in [6.07, 6.45) is 4.09. The molecule has 1 aliphatic heterocycles. The molecule has 12 atom stereocenters. The van der Waals surface area contributed by atoms with E-state index >= 15 is 19.2 Å². The summed E-state index contributed by atoms with van der Waals surface area (Å²) in [7, 11) is 6.70. The second kappa shape index (κ2) is 33.5. The van der Waals surface area contributed by atoms with Crippen molar-refractivity contribution in [3.63, 3.8) is 0 Å². The fourth-order valence-corrected chi connectivity index (χ4v) is 20.3. The molecule has 5 fully saturated rings. The van der Waals surface area contributed by atoms with Crippen molar-refractivity contribution in [2.75, 3.05) is 28.2 Å². The molecule has 4 saturated carbocycles. The Hall–Kier alpha value is -12.1. The van der Waals surface area contributed by atoms with Crippen molar-refractivity contribution >= 4 is 145 Å². The highest BCUT2D eigenvalue weighted by Gasteiger charge is 2.44. The molecular weight excluding hydrogens is 1480 g/mol. The summed E-state index contributed by atoms with van der Waals surface area (Å²) >= 11 is 0. The molecule has 17 rings (SSSR count). The van der Waals surface area contributed by atoms with E-state index in [1.807, 2.05) is 97.1 Å². The number of fused-ring (bicyclic) bond motifs is 12. The zero-order chi connectivity index (χ0) is 81.6. The van der Waals surface area contributed by atoms with Crippen molar-refractivity contribution in [3.8, 4) is 0 Å². The van der Waals surface area contributed by atoms with Crippen LogP contribution in [0.4, 0.5) is 0 Å².